The van der Waals surface area contributed by atoms with Crippen LogP contribution in [-0.4, -0.2) is 15.9 Å². The van der Waals surface area contributed by atoms with Gasteiger partial charge in [-0.1, -0.05) is 20.8 Å². The number of carbonyl (C=O) groups excluding carboxylic acids is 1. The van der Waals surface area contributed by atoms with Crippen LogP contribution in [0.1, 0.15) is 39.4 Å². The zero-order chi connectivity index (χ0) is 12.9. The Bertz CT molecular complexity index is 425. The highest BCUT2D eigenvalue weighted by Crippen LogP contribution is 2.20. The van der Waals surface area contributed by atoms with E-state index in [1.54, 1.807) is 0 Å². The van der Waals surface area contributed by atoms with Crippen LogP contribution in [0.3, 0.4) is 0 Å². The summed E-state index contributed by atoms with van der Waals surface area (Å²) in [7, 11) is 0. The lowest BCUT2D eigenvalue weighted by molar-refractivity contribution is -0.116. The predicted molar refractivity (Wildman–Crippen MR) is 64.1 cm³/mol. The lowest BCUT2D eigenvalue weighted by Crippen LogP contribution is -2.15. The van der Waals surface area contributed by atoms with E-state index in [0.717, 1.165) is 6.42 Å². The Morgan fingerprint density at radius 3 is 2.47 bits per heavy atom. The maximum atomic E-state index is 11.6. The maximum absolute atomic E-state index is 11.6. The summed E-state index contributed by atoms with van der Waals surface area (Å²) >= 11 is 0. The second kappa shape index (κ2) is 5.39. The molecule has 0 unspecified atom stereocenters. The van der Waals surface area contributed by atoms with Gasteiger partial charge in [-0.2, -0.15) is 5.26 Å². The molecule has 0 aliphatic carbocycles. The third-order valence-electron chi connectivity index (χ3n) is 2.14. The van der Waals surface area contributed by atoms with Crippen LogP contribution in [0.25, 0.3) is 0 Å². The molecule has 5 nitrogen and oxygen atoms in total. The zero-order valence-electron chi connectivity index (χ0n) is 10.3. The molecular formula is C12H16N4O. The molecule has 0 saturated heterocycles. The zero-order valence-corrected chi connectivity index (χ0v) is 10.3. The van der Waals surface area contributed by atoms with E-state index in [0.29, 0.717) is 12.1 Å². The van der Waals surface area contributed by atoms with Gasteiger partial charge in [-0.25, -0.2) is 9.97 Å². The first kappa shape index (κ1) is 13.1. The number of nitrogens with zero attached hydrogens (tertiary/aromatic N) is 3. The second-order valence-electron chi connectivity index (χ2n) is 5.02. The predicted octanol–water partition coefficient (Wildman–Crippen LogP) is 2.11. The van der Waals surface area contributed by atoms with Crippen molar-refractivity contribution in [2.75, 3.05) is 5.32 Å². The molecule has 5 heteroatoms. The van der Waals surface area contributed by atoms with Gasteiger partial charge in [0.1, 0.15) is 6.07 Å². The molecular weight excluding hydrogens is 216 g/mol. The van der Waals surface area contributed by atoms with Crippen molar-refractivity contribution in [2.24, 2.45) is 5.41 Å². The molecule has 0 atom stereocenters. The Labute approximate surface area is 101 Å². The lowest BCUT2D eigenvalue weighted by Gasteiger charge is -2.17. The largest absolute Gasteiger partial charge is 0.323 e. The third-order valence-corrected chi connectivity index (χ3v) is 2.14. The number of anilines is 1. The smallest absolute Gasteiger partial charge is 0.232 e. The van der Waals surface area contributed by atoms with Gasteiger partial charge in [-0.15, -0.1) is 0 Å². The number of hydrogen-bond acceptors (Lipinski definition) is 4. The van der Waals surface area contributed by atoms with Gasteiger partial charge >= 0.3 is 0 Å². The monoisotopic (exact) mass is 232 g/mol. The van der Waals surface area contributed by atoms with Crippen molar-refractivity contribution in [1.82, 2.24) is 9.97 Å². The molecule has 0 radical (unpaired) electrons. The van der Waals surface area contributed by atoms with Crippen LogP contribution in [0, 0.1) is 16.7 Å². The first-order chi connectivity index (χ1) is 7.90. The van der Waals surface area contributed by atoms with Gasteiger partial charge in [0.05, 0.1) is 18.1 Å². The van der Waals surface area contributed by atoms with Gasteiger partial charge < -0.3 is 5.32 Å². The summed E-state index contributed by atoms with van der Waals surface area (Å²) in [5.41, 5.74) is 0.654. The van der Waals surface area contributed by atoms with Gasteiger partial charge in [0.25, 0.3) is 0 Å². The first-order valence-electron chi connectivity index (χ1n) is 5.43. The molecule has 0 aliphatic rings. The summed E-state index contributed by atoms with van der Waals surface area (Å²) < 4.78 is 0. The van der Waals surface area contributed by atoms with Crippen LogP contribution in [-0.2, 0) is 4.79 Å². The molecule has 0 aliphatic heterocycles. The number of carbonyl (C=O) groups is 1. The van der Waals surface area contributed by atoms with Crippen molar-refractivity contribution in [3.63, 3.8) is 0 Å². The number of amides is 1. The molecule has 1 N–H and O–H groups in total. The number of nitriles is 1. The fraction of sp³-hybridized carbons (Fsp3) is 0.500. The Morgan fingerprint density at radius 2 is 2.00 bits per heavy atom. The Kier molecular flexibility index (Phi) is 4.16. The fourth-order valence-electron chi connectivity index (χ4n) is 1.16. The number of nitrogens with one attached hydrogen (secondary N) is 1. The lowest BCUT2D eigenvalue weighted by atomic mass is 9.90. The molecule has 1 amide bonds. The van der Waals surface area contributed by atoms with Crippen molar-refractivity contribution in [1.29, 1.82) is 5.26 Å². The third kappa shape index (κ3) is 5.07. The average molecular weight is 232 g/mol. The summed E-state index contributed by atoms with van der Waals surface area (Å²) in [5.74, 6) is 0.0333. The fourth-order valence-corrected chi connectivity index (χ4v) is 1.16. The van der Waals surface area contributed by atoms with Crippen LogP contribution >= 0.6 is 0 Å². The van der Waals surface area contributed by atoms with E-state index < -0.39 is 0 Å². The number of aromatic nitrogens is 2. The Hall–Kier alpha value is -1.96. The SMILES string of the molecule is CC(C)(C)CCC(=O)Nc1cnc(C#N)nc1. The quantitative estimate of drug-likeness (QED) is 0.865. The van der Waals surface area contributed by atoms with E-state index in [-0.39, 0.29) is 17.1 Å². The molecule has 1 heterocycles. The van der Waals surface area contributed by atoms with E-state index in [9.17, 15) is 4.79 Å². The maximum Gasteiger partial charge on any atom is 0.232 e. The van der Waals surface area contributed by atoms with E-state index in [4.69, 9.17) is 5.26 Å². The molecule has 17 heavy (non-hydrogen) atoms. The Balaban J connectivity index is 2.48. The van der Waals surface area contributed by atoms with Crippen LogP contribution in [0.2, 0.25) is 0 Å². The van der Waals surface area contributed by atoms with Gasteiger partial charge in [0.2, 0.25) is 11.7 Å². The molecule has 0 fully saturated rings. The normalized spacial score (nSPS) is 10.7. The van der Waals surface area contributed by atoms with Crippen molar-refractivity contribution < 1.29 is 4.79 Å². The molecule has 1 aromatic rings. The van der Waals surface area contributed by atoms with Crippen molar-refractivity contribution in [3.05, 3.63) is 18.2 Å². The number of hydrogen-bond donors (Lipinski definition) is 1. The minimum atomic E-state index is -0.0618. The summed E-state index contributed by atoms with van der Waals surface area (Å²) in [6.45, 7) is 6.27. The van der Waals surface area contributed by atoms with Gasteiger partial charge in [-0.05, 0) is 11.8 Å². The second-order valence-corrected chi connectivity index (χ2v) is 5.02. The number of rotatable bonds is 3. The van der Waals surface area contributed by atoms with Crippen LogP contribution < -0.4 is 5.32 Å². The summed E-state index contributed by atoms with van der Waals surface area (Å²) in [4.78, 5) is 19.1. The minimum absolute atomic E-state index is 0.0618. The van der Waals surface area contributed by atoms with Crippen LogP contribution in [0.4, 0.5) is 5.69 Å². The molecule has 0 saturated carbocycles. The molecule has 90 valence electrons. The van der Waals surface area contributed by atoms with E-state index in [2.05, 4.69) is 36.1 Å². The average Bonchev–Trinajstić information content (AvgIpc) is 2.27. The standard InChI is InChI=1S/C12H16N4O/c1-12(2,3)5-4-11(17)16-9-7-14-10(6-13)15-8-9/h7-8H,4-5H2,1-3H3,(H,16,17). The Morgan fingerprint density at radius 1 is 1.41 bits per heavy atom. The highest BCUT2D eigenvalue weighted by atomic mass is 16.1. The summed E-state index contributed by atoms with van der Waals surface area (Å²) in [6, 6.07) is 1.82. The van der Waals surface area contributed by atoms with Crippen molar-refractivity contribution in [3.8, 4) is 6.07 Å². The van der Waals surface area contributed by atoms with Gasteiger partial charge in [0.15, 0.2) is 0 Å². The van der Waals surface area contributed by atoms with E-state index in [1.807, 2.05) is 6.07 Å². The van der Waals surface area contributed by atoms with Crippen LogP contribution in [0.5, 0.6) is 0 Å². The minimum Gasteiger partial charge on any atom is -0.323 e. The molecule has 0 aromatic carbocycles. The molecule has 0 bridgehead atoms. The highest BCUT2D eigenvalue weighted by molar-refractivity contribution is 5.90. The van der Waals surface area contributed by atoms with E-state index >= 15 is 0 Å². The van der Waals surface area contributed by atoms with Gasteiger partial charge in [0, 0.05) is 6.42 Å². The van der Waals surface area contributed by atoms with Crippen molar-refractivity contribution in [2.45, 2.75) is 33.6 Å². The topological polar surface area (TPSA) is 78.7 Å². The summed E-state index contributed by atoms with van der Waals surface area (Å²) in [6.07, 6.45) is 4.14. The van der Waals surface area contributed by atoms with Crippen LogP contribution in [0.15, 0.2) is 12.4 Å². The molecule has 1 aromatic heterocycles. The molecule has 0 spiro atoms. The first-order valence-corrected chi connectivity index (χ1v) is 5.43. The van der Waals surface area contributed by atoms with Gasteiger partial charge in [-0.3, -0.25) is 4.79 Å². The summed E-state index contributed by atoms with van der Waals surface area (Å²) in [5, 5.41) is 11.2. The molecule has 1 rings (SSSR count). The van der Waals surface area contributed by atoms with E-state index in [1.165, 1.54) is 12.4 Å². The van der Waals surface area contributed by atoms with Crippen molar-refractivity contribution >= 4 is 11.6 Å². The highest BCUT2D eigenvalue weighted by Gasteiger charge is 2.13.